The van der Waals surface area contributed by atoms with Gasteiger partial charge in [0.1, 0.15) is 0 Å². The number of hydrogen-bond acceptors (Lipinski definition) is 2. The standard InChI is InChI=1S/C19H30O2S/c20-18(21)10-4-2-1-3-9-17-14-11-12-15(13-14)19(17)22-16-7-5-6-8-16/h1,3,14-17,19H,2,4-13H2,(H,20,21)/b3-1-/t14-,15+,17-,19-/m1/s1. The molecule has 0 amide bonds. The molecule has 3 saturated carbocycles. The molecule has 2 nitrogen and oxygen atoms in total. The van der Waals surface area contributed by atoms with E-state index in [0.29, 0.717) is 6.42 Å². The van der Waals surface area contributed by atoms with Crippen molar-refractivity contribution in [3.8, 4) is 0 Å². The summed E-state index contributed by atoms with van der Waals surface area (Å²) in [5, 5.41) is 10.5. The first-order valence-electron chi connectivity index (χ1n) is 9.26. The van der Waals surface area contributed by atoms with Crippen molar-refractivity contribution in [1.29, 1.82) is 0 Å². The Morgan fingerprint density at radius 1 is 1.09 bits per heavy atom. The van der Waals surface area contributed by atoms with Crippen LogP contribution in [0, 0.1) is 17.8 Å². The molecule has 0 aromatic rings. The van der Waals surface area contributed by atoms with E-state index in [1.807, 2.05) is 0 Å². The van der Waals surface area contributed by atoms with Crippen molar-refractivity contribution < 1.29 is 9.90 Å². The molecule has 0 radical (unpaired) electrons. The minimum absolute atomic E-state index is 0.304. The predicted molar refractivity (Wildman–Crippen MR) is 93.2 cm³/mol. The largest absolute Gasteiger partial charge is 0.481 e. The molecule has 4 atom stereocenters. The van der Waals surface area contributed by atoms with Crippen molar-refractivity contribution in [3.05, 3.63) is 12.2 Å². The van der Waals surface area contributed by atoms with E-state index in [2.05, 4.69) is 23.9 Å². The van der Waals surface area contributed by atoms with E-state index in [1.54, 1.807) is 0 Å². The van der Waals surface area contributed by atoms with Crippen LogP contribution in [-0.2, 0) is 4.79 Å². The Kier molecular flexibility index (Phi) is 5.89. The minimum Gasteiger partial charge on any atom is -0.481 e. The molecule has 22 heavy (non-hydrogen) atoms. The maximum atomic E-state index is 10.5. The SMILES string of the molecule is O=C(O)CCC/C=C\C[C@@H]1[C@@H]2CC[C@@H](C2)[C@H]1SC1CCCC1. The van der Waals surface area contributed by atoms with Gasteiger partial charge in [-0.3, -0.25) is 4.79 Å². The van der Waals surface area contributed by atoms with Crippen molar-refractivity contribution in [1.82, 2.24) is 0 Å². The number of carboxylic acids is 1. The number of rotatable bonds is 8. The number of carbonyl (C=O) groups is 1. The Bertz CT molecular complexity index is 400. The first kappa shape index (κ1) is 16.4. The summed E-state index contributed by atoms with van der Waals surface area (Å²) in [5.74, 6) is 2.21. The highest BCUT2D eigenvalue weighted by Crippen LogP contribution is 2.56. The van der Waals surface area contributed by atoms with E-state index in [1.165, 1.54) is 51.4 Å². The predicted octanol–water partition coefficient (Wildman–Crippen LogP) is 5.28. The lowest BCUT2D eigenvalue weighted by Gasteiger charge is -2.32. The van der Waals surface area contributed by atoms with Crippen LogP contribution in [0.2, 0.25) is 0 Å². The molecular weight excluding hydrogens is 292 g/mol. The fraction of sp³-hybridized carbons (Fsp3) is 0.842. The summed E-state index contributed by atoms with van der Waals surface area (Å²) in [6.07, 6.45) is 18.1. The van der Waals surface area contributed by atoms with Gasteiger partial charge in [-0.1, -0.05) is 25.0 Å². The minimum atomic E-state index is -0.672. The number of hydrogen-bond donors (Lipinski definition) is 1. The van der Waals surface area contributed by atoms with Crippen molar-refractivity contribution in [2.24, 2.45) is 17.8 Å². The highest BCUT2D eigenvalue weighted by Gasteiger charge is 2.47. The van der Waals surface area contributed by atoms with Crippen molar-refractivity contribution in [2.75, 3.05) is 0 Å². The number of unbranched alkanes of at least 4 members (excludes halogenated alkanes) is 1. The Morgan fingerprint density at radius 2 is 1.86 bits per heavy atom. The number of thioether (sulfide) groups is 1. The molecular formula is C19H30O2S. The first-order chi connectivity index (χ1) is 10.7. The fourth-order valence-corrected chi connectivity index (χ4v) is 6.94. The summed E-state index contributed by atoms with van der Waals surface area (Å²) < 4.78 is 0. The molecule has 3 fully saturated rings. The Morgan fingerprint density at radius 3 is 2.64 bits per heavy atom. The van der Waals surface area contributed by atoms with Gasteiger partial charge in [-0.15, -0.1) is 0 Å². The number of carboxylic acid groups (broad SMARTS) is 1. The van der Waals surface area contributed by atoms with E-state index in [9.17, 15) is 4.79 Å². The van der Waals surface area contributed by atoms with Gasteiger partial charge >= 0.3 is 5.97 Å². The second kappa shape index (κ2) is 7.90. The molecule has 0 aromatic carbocycles. The maximum absolute atomic E-state index is 10.5. The van der Waals surface area contributed by atoms with Crippen LogP contribution in [0.1, 0.15) is 70.6 Å². The first-order valence-corrected chi connectivity index (χ1v) is 10.2. The molecule has 1 N–H and O–H groups in total. The fourth-order valence-electron chi connectivity index (χ4n) is 4.89. The van der Waals surface area contributed by atoms with E-state index in [-0.39, 0.29) is 0 Å². The third-order valence-corrected chi connectivity index (χ3v) is 7.90. The lowest BCUT2D eigenvalue weighted by molar-refractivity contribution is -0.137. The van der Waals surface area contributed by atoms with Gasteiger partial charge in [-0.2, -0.15) is 11.8 Å². The summed E-state index contributed by atoms with van der Waals surface area (Å²) in [6, 6.07) is 0. The van der Waals surface area contributed by atoms with Crippen LogP contribution >= 0.6 is 11.8 Å². The zero-order valence-electron chi connectivity index (χ0n) is 13.6. The summed E-state index contributed by atoms with van der Waals surface area (Å²) in [7, 11) is 0. The van der Waals surface area contributed by atoms with E-state index in [4.69, 9.17) is 5.11 Å². The zero-order valence-corrected chi connectivity index (χ0v) is 14.4. The van der Waals surface area contributed by atoms with Crippen LogP contribution in [0.4, 0.5) is 0 Å². The monoisotopic (exact) mass is 322 g/mol. The molecule has 3 heteroatoms. The van der Waals surface area contributed by atoms with Gasteiger partial charge in [0.05, 0.1) is 0 Å². The second-order valence-corrected chi connectivity index (χ2v) is 8.98. The molecule has 0 aliphatic heterocycles. The van der Waals surface area contributed by atoms with Crippen LogP contribution in [-0.4, -0.2) is 21.6 Å². The summed E-state index contributed by atoms with van der Waals surface area (Å²) in [6.45, 7) is 0. The molecule has 0 saturated heterocycles. The van der Waals surface area contributed by atoms with Crippen LogP contribution < -0.4 is 0 Å². The van der Waals surface area contributed by atoms with Crippen LogP contribution in [0.3, 0.4) is 0 Å². The number of allylic oxidation sites excluding steroid dienone is 2. The van der Waals surface area contributed by atoms with Crippen LogP contribution in [0.5, 0.6) is 0 Å². The molecule has 3 aliphatic rings. The Labute approximate surface area is 139 Å². The van der Waals surface area contributed by atoms with E-state index < -0.39 is 5.97 Å². The van der Waals surface area contributed by atoms with Crippen LogP contribution in [0.15, 0.2) is 12.2 Å². The lowest BCUT2D eigenvalue weighted by Crippen LogP contribution is -2.26. The quantitative estimate of drug-likeness (QED) is 0.488. The van der Waals surface area contributed by atoms with Crippen LogP contribution in [0.25, 0.3) is 0 Å². The normalized spacial score (nSPS) is 34.9. The van der Waals surface area contributed by atoms with Gasteiger partial charge in [0.15, 0.2) is 0 Å². The Hall–Kier alpha value is -0.440. The zero-order chi connectivity index (χ0) is 15.4. The van der Waals surface area contributed by atoms with Crippen molar-refractivity contribution in [3.63, 3.8) is 0 Å². The van der Waals surface area contributed by atoms with E-state index >= 15 is 0 Å². The lowest BCUT2D eigenvalue weighted by atomic mass is 9.86. The highest BCUT2D eigenvalue weighted by atomic mass is 32.2. The maximum Gasteiger partial charge on any atom is 0.303 e. The molecule has 124 valence electrons. The molecule has 0 heterocycles. The van der Waals surface area contributed by atoms with Gasteiger partial charge in [-0.05, 0) is 69.1 Å². The smallest absolute Gasteiger partial charge is 0.303 e. The Balaban J connectivity index is 1.45. The van der Waals surface area contributed by atoms with Gasteiger partial charge in [0.2, 0.25) is 0 Å². The molecule has 0 aromatic heterocycles. The highest BCUT2D eigenvalue weighted by molar-refractivity contribution is 8.00. The van der Waals surface area contributed by atoms with Gasteiger partial charge in [-0.25, -0.2) is 0 Å². The molecule has 0 spiro atoms. The second-order valence-electron chi connectivity index (χ2n) is 7.50. The van der Waals surface area contributed by atoms with Gasteiger partial charge < -0.3 is 5.11 Å². The number of fused-ring (bicyclic) bond motifs is 2. The average Bonchev–Trinajstić information content (AvgIpc) is 3.21. The summed E-state index contributed by atoms with van der Waals surface area (Å²) >= 11 is 2.35. The third-order valence-electron chi connectivity index (χ3n) is 5.99. The van der Waals surface area contributed by atoms with Gasteiger partial charge in [0, 0.05) is 16.9 Å². The van der Waals surface area contributed by atoms with E-state index in [0.717, 1.165) is 41.1 Å². The summed E-state index contributed by atoms with van der Waals surface area (Å²) in [5.41, 5.74) is 0. The molecule has 0 unspecified atom stereocenters. The number of aliphatic carboxylic acids is 1. The third kappa shape index (κ3) is 4.10. The average molecular weight is 323 g/mol. The van der Waals surface area contributed by atoms with Gasteiger partial charge in [0.25, 0.3) is 0 Å². The molecule has 3 rings (SSSR count). The molecule has 2 bridgehead atoms. The van der Waals surface area contributed by atoms with Crippen molar-refractivity contribution >= 4 is 17.7 Å². The summed E-state index contributed by atoms with van der Waals surface area (Å²) in [4.78, 5) is 10.5. The topological polar surface area (TPSA) is 37.3 Å². The molecule has 3 aliphatic carbocycles. The van der Waals surface area contributed by atoms with Crippen molar-refractivity contribution in [2.45, 2.75) is 81.1 Å².